The number of nitrogens with two attached hydrogens (primary N) is 2. The van der Waals surface area contributed by atoms with Crippen molar-refractivity contribution in [3.8, 4) is 0 Å². The van der Waals surface area contributed by atoms with Crippen LogP contribution in [0.2, 0.25) is 0 Å². The molecule has 7 aromatic rings. The number of anilines is 4. The van der Waals surface area contributed by atoms with E-state index in [0.29, 0.717) is 55.8 Å². The standard InChI is InChI=1S/C40H28N4O4/c1-17-15-31(19(3)13-29(17)41)43-37(45)25-9-5-21-23-7-11-27-36-28(40(48)44(39(27)47)32-16-18(2)30(42)14-20(32)4)12-8-24(34(23)36)22-6-10-26(38(43)46)35(25)33(21)22/h5-16H,41-42H2,1-4H3. The number of fused-ring (bicyclic) bond motifs is 2. The molecular formula is C40H28N4O4. The van der Waals surface area contributed by atoms with Gasteiger partial charge < -0.3 is 11.5 Å². The van der Waals surface area contributed by atoms with Crippen molar-refractivity contribution in [2.75, 3.05) is 21.3 Å². The molecule has 0 radical (unpaired) electrons. The van der Waals surface area contributed by atoms with Crippen LogP contribution in [0, 0.1) is 27.7 Å². The monoisotopic (exact) mass is 628 g/mol. The van der Waals surface area contributed by atoms with Gasteiger partial charge in [0.05, 0.1) is 11.4 Å². The van der Waals surface area contributed by atoms with E-state index in [9.17, 15) is 19.2 Å². The first-order chi connectivity index (χ1) is 23.0. The van der Waals surface area contributed by atoms with Gasteiger partial charge in [-0.3, -0.25) is 19.2 Å². The molecule has 8 heteroatoms. The molecule has 4 amide bonds. The highest BCUT2D eigenvalue weighted by atomic mass is 16.2. The van der Waals surface area contributed by atoms with Crippen molar-refractivity contribution in [2.45, 2.75) is 27.7 Å². The summed E-state index contributed by atoms with van der Waals surface area (Å²) in [5, 5.41) is 6.15. The molecule has 2 aliphatic rings. The Bertz CT molecular complexity index is 2420. The van der Waals surface area contributed by atoms with E-state index in [1.165, 1.54) is 9.80 Å². The van der Waals surface area contributed by atoms with Gasteiger partial charge in [-0.1, -0.05) is 24.3 Å². The minimum absolute atomic E-state index is 0.399. The van der Waals surface area contributed by atoms with Crippen LogP contribution in [-0.2, 0) is 0 Å². The third-order valence-electron chi connectivity index (χ3n) is 10.3. The Morgan fingerprint density at radius 3 is 0.979 bits per heavy atom. The molecule has 0 spiro atoms. The fourth-order valence-electron chi connectivity index (χ4n) is 7.83. The van der Waals surface area contributed by atoms with E-state index in [1.54, 1.807) is 48.5 Å². The molecule has 4 N–H and O–H groups in total. The number of hydrogen-bond acceptors (Lipinski definition) is 6. The van der Waals surface area contributed by atoms with Gasteiger partial charge in [0, 0.05) is 44.4 Å². The van der Waals surface area contributed by atoms with Crippen LogP contribution in [0.4, 0.5) is 22.7 Å². The van der Waals surface area contributed by atoms with Gasteiger partial charge in [-0.25, -0.2) is 9.80 Å². The Balaban J connectivity index is 1.29. The number of carbonyl (C=O) groups is 4. The minimum atomic E-state index is -0.399. The van der Waals surface area contributed by atoms with Crippen molar-refractivity contribution >= 4 is 89.5 Å². The van der Waals surface area contributed by atoms with Crippen LogP contribution in [-0.4, -0.2) is 23.6 Å². The largest absolute Gasteiger partial charge is 0.399 e. The van der Waals surface area contributed by atoms with E-state index in [1.807, 2.05) is 52.0 Å². The number of nitrogens with zero attached hydrogens (tertiary/aromatic N) is 2. The summed E-state index contributed by atoms with van der Waals surface area (Å²) in [5.74, 6) is -1.60. The molecule has 0 atom stereocenters. The summed E-state index contributed by atoms with van der Waals surface area (Å²) in [6.45, 7) is 7.37. The van der Waals surface area contributed by atoms with Crippen LogP contribution in [0.25, 0.3) is 43.1 Å². The highest BCUT2D eigenvalue weighted by Crippen LogP contribution is 2.47. The maximum atomic E-state index is 14.1. The van der Waals surface area contributed by atoms with Crippen molar-refractivity contribution < 1.29 is 19.2 Å². The van der Waals surface area contributed by atoms with Gasteiger partial charge in [-0.05, 0) is 131 Å². The molecule has 0 aliphatic carbocycles. The SMILES string of the molecule is Cc1cc(N2C(=O)c3ccc4c5ccc6c7c(ccc(c8ccc(c3c48)C2=O)c75)C(=O)N(c2cc(C)c(N)cc2C)C6=O)c(C)cc1N. The van der Waals surface area contributed by atoms with E-state index < -0.39 is 23.6 Å². The Morgan fingerprint density at radius 1 is 0.396 bits per heavy atom. The van der Waals surface area contributed by atoms with Crippen LogP contribution in [0.5, 0.6) is 0 Å². The smallest absolute Gasteiger partial charge is 0.265 e. The van der Waals surface area contributed by atoms with Crippen molar-refractivity contribution in [3.05, 3.63) is 117 Å². The summed E-state index contributed by atoms with van der Waals surface area (Å²) < 4.78 is 0. The van der Waals surface area contributed by atoms with E-state index in [-0.39, 0.29) is 0 Å². The molecule has 2 aliphatic heterocycles. The highest BCUT2D eigenvalue weighted by molar-refractivity contribution is 6.45. The number of nitrogen functional groups attached to an aromatic ring is 2. The third kappa shape index (κ3) is 3.33. The second-order valence-corrected chi connectivity index (χ2v) is 13.0. The minimum Gasteiger partial charge on any atom is -0.399 e. The Labute approximate surface area is 274 Å². The molecule has 48 heavy (non-hydrogen) atoms. The second kappa shape index (κ2) is 9.17. The average molecular weight is 629 g/mol. The molecule has 0 unspecified atom stereocenters. The predicted octanol–water partition coefficient (Wildman–Crippen LogP) is 7.74. The maximum absolute atomic E-state index is 14.1. The van der Waals surface area contributed by atoms with Crippen LogP contribution >= 0.6 is 0 Å². The number of amides is 4. The summed E-state index contributed by atoms with van der Waals surface area (Å²) in [7, 11) is 0. The van der Waals surface area contributed by atoms with Gasteiger partial charge in [-0.15, -0.1) is 0 Å². The summed E-state index contributed by atoms with van der Waals surface area (Å²) in [6.07, 6.45) is 0. The number of hydrogen-bond donors (Lipinski definition) is 2. The predicted molar refractivity (Wildman–Crippen MR) is 191 cm³/mol. The molecule has 0 saturated heterocycles. The summed E-state index contributed by atoms with van der Waals surface area (Å²) in [6, 6.07) is 21.9. The second-order valence-electron chi connectivity index (χ2n) is 13.0. The van der Waals surface area contributed by atoms with E-state index in [0.717, 1.165) is 54.6 Å². The van der Waals surface area contributed by atoms with E-state index in [4.69, 9.17) is 11.5 Å². The first kappa shape index (κ1) is 28.0. The van der Waals surface area contributed by atoms with Crippen molar-refractivity contribution in [3.63, 3.8) is 0 Å². The first-order valence-corrected chi connectivity index (χ1v) is 15.7. The molecule has 2 heterocycles. The number of rotatable bonds is 2. The molecule has 0 bridgehead atoms. The molecule has 9 rings (SSSR count). The molecule has 232 valence electrons. The fourth-order valence-corrected chi connectivity index (χ4v) is 7.83. The summed E-state index contributed by atoms with van der Waals surface area (Å²) in [5.41, 5.74) is 19.2. The van der Waals surface area contributed by atoms with Crippen molar-refractivity contribution in [1.82, 2.24) is 0 Å². The first-order valence-electron chi connectivity index (χ1n) is 15.7. The van der Waals surface area contributed by atoms with Gasteiger partial charge in [0.1, 0.15) is 0 Å². The quantitative estimate of drug-likeness (QED) is 0.0873. The van der Waals surface area contributed by atoms with E-state index in [2.05, 4.69) is 0 Å². The average Bonchev–Trinajstić information content (AvgIpc) is 3.06. The Morgan fingerprint density at radius 2 is 0.688 bits per heavy atom. The third-order valence-corrected chi connectivity index (χ3v) is 10.3. The van der Waals surface area contributed by atoms with E-state index >= 15 is 0 Å². The molecule has 0 aromatic heterocycles. The Kier molecular flexibility index (Phi) is 5.34. The van der Waals surface area contributed by atoms with Crippen LogP contribution in [0.1, 0.15) is 63.7 Å². The van der Waals surface area contributed by atoms with Gasteiger partial charge >= 0.3 is 0 Å². The zero-order chi connectivity index (χ0) is 33.5. The van der Waals surface area contributed by atoms with Crippen molar-refractivity contribution in [2.24, 2.45) is 0 Å². The molecule has 0 saturated carbocycles. The summed E-state index contributed by atoms with van der Waals surface area (Å²) in [4.78, 5) is 59.0. The molecule has 0 fully saturated rings. The molecular weight excluding hydrogens is 600 g/mol. The lowest BCUT2D eigenvalue weighted by Crippen LogP contribution is -2.41. The number of carbonyl (C=O) groups excluding carboxylic acids is 4. The lowest BCUT2D eigenvalue weighted by Gasteiger charge is -2.31. The van der Waals surface area contributed by atoms with Crippen LogP contribution < -0.4 is 21.3 Å². The maximum Gasteiger partial charge on any atom is 0.265 e. The van der Waals surface area contributed by atoms with Crippen LogP contribution in [0.15, 0.2) is 72.8 Å². The highest BCUT2D eigenvalue weighted by Gasteiger charge is 2.38. The van der Waals surface area contributed by atoms with Gasteiger partial charge in [0.25, 0.3) is 23.6 Å². The lowest BCUT2D eigenvalue weighted by molar-refractivity contribution is 0.0877. The number of aryl methyl sites for hydroxylation is 4. The number of imide groups is 2. The van der Waals surface area contributed by atoms with Gasteiger partial charge in [-0.2, -0.15) is 0 Å². The summed E-state index contributed by atoms with van der Waals surface area (Å²) >= 11 is 0. The molecule has 7 aromatic carbocycles. The fraction of sp³-hybridized carbons (Fsp3) is 0.100. The van der Waals surface area contributed by atoms with Crippen molar-refractivity contribution in [1.29, 1.82) is 0 Å². The van der Waals surface area contributed by atoms with Gasteiger partial charge in [0.2, 0.25) is 0 Å². The van der Waals surface area contributed by atoms with Crippen LogP contribution in [0.3, 0.4) is 0 Å². The topological polar surface area (TPSA) is 127 Å². The normalized spacial score (nSPS) is 14.5. The lowest BCUT2D eigenvalue weighted by atomic mass is 9.82. The molecule has 8 nitrogen and oxygen atoms in total. The Hall–Kier alpha value is -6.28. The zero-order valence-electron chi connectivity index (χ0n) is 26.6. The van der Waals surface area contributed by atoms with Gasteiger partial charge in [0.15, 0.2) is 0 Å². The number of benzene rings is 7. The zero-order valence-corrected chi connectivity index (χ0v) is 26.6.